The highest BCUT2D eigenvalue weighted by Gasteiger charge is 2.27. The molecule has 1 N–H and O–H groups in total. The van der Waals surface area contributed by atoms with Crippen molar-refractivity contribution in [3.63, 3.8) is 0 Å². The molecule has 0 aromatic heterocycles. The Kier molecular flexibility index (Phi) is 9.55. The van der Waals surface area contributed by atoms with Crippen molar-refractivity contribution in [1.82, 2.24) is 10.2 Å². The van der Waals surface area contributed by atoms with Crippen molar-refractivity contribution >= 4 is 27.5 Å². The normalized spacial score (nSPS) is 12.3. The predicted octanol–water partition coefficient (Wildman–Crippen LogP) is 3.45. The van der Waals surface area contributed by atoms with Crippen LogP contribution in [-0.4, -0.2) is 50.0 Å². The third-order valence-electron chi connectivity index (χ3n) is 5.14. The van der Waals surface area contributed by atoms with Gasteiger partial charge in [-0.2, -0.15) is 0 Å². The minimum atomic E-state index is -3.79. The van der Waals surface area contributed by atoms with Crippen molar-refractivity contribution in [1.29, 1.82) is 0 Å². The molecule has 0 aliphatic rings. The Morgan fingerprint density at radius 1 is 1.00 bits per heavy atom. The SMILES string of the molecule is CC(C)NC(=O)[C@@H](C)N(Cc1ccc(F)cc1)C(=O)CCCN(c1ccccc1F)S(C)(=O)=O. The van der Waals surface area contributed by atoms with Gasteiger partial charge in [-0.15, -0.1) is 0 Å². The van der Waals surface area contributed by atoms with E-state index in [0.717, 1.165) is 16.6 Å². The van der Waals surface area contributed by atoms with E-state index >= 15 is 0 Å². The molecule has 0 spiro atoms. The highest BCUT2D eigenvalue weighted by atomic mass is 32.2. The lowest BCUT2D eigenvalue weighted by Crippen LogP contribution is -2.49. The minimum Gasteiger partial charge on any atom is -0.352 e. The summed E-state index contributed by atoms with van der Waals surface area (Å²) in [5.74, 6) is -1.82. The average Bonchev–Trinajstić information content (AvgIpc) is 2.75. The number of benzene rings is 2. The van der Waals surface area contributed by atoms with Crippen LogP contribution in [0.3, 0.4) is 0 Å². The Balaban J connectivity index is 2.17. The highest BCUT2D eigenvalue weighted by Crippen LogP contribution is 2.22. The summed E-state index contributed by atoms with van der Waals surface area (Å²) in [7, 11) is -3.79. The largest absolute Gasteiger partial charge is 0.352 e. The number of anilines is 1. The molecule has 0 radical (unpaired) electrons. The van der Waals surface area contributed by atoms with Crippen LogP contribution in [0.5, 0.6) is 0 Å². The van der Waals surface area contributed by atoms with Crippen LogP contribution in [0.25, 0.3) is 0 Å². The molecule has 0 saturated carbocycles. The number of nitrogens with zero attached hydrogens (tertiary/aromatic N) is 2. The quantitative estimate of drug-likeness (QED) is 0.517. The molecule has 0 heterocycles. The molecule has 34 heavy (non-hydrogen) atoms. The van der Waals surface area contributed by atoms with E-state index < -0.39 is 27.7 Å². The van der Waals surface area contributed by atoms with E-state index in [1.54, 1.807) is 20.8 Å². The Labute approximate surface area is 199 Å². The third kappa shape index (κ3) is 7.79. The summed E-state index contributed by atoms with van der Waals surface area (Å²) in [5, 5.41) is 2.77. The fourth-order valence-electron chi connectivity index (χ4n) is 3.41. The molecule has 2 amide bonds. The van der Waals surface area contributed by atoms with Gasteiger partial charge in [0.15, 0.2) is 0 Å². The van der Waals surface area contributed by atoms with E-state index in [9.17, 15) is 26.8 Å². The summed E-state index contributed by atoms with van der Waals surface area (Å²) in [6.45, 7) is 5.18. The smallest absolute Gasteiger partial charge is 0.242 e. The van der Waals surface area contributed by atoms with Gasteiger partial charge in [0.2, 0.25) is 21.8 Å². The van der Waals surface area contributed by atoms with Gasteiger partial charge in [0.1, 0.15) is 17.7 Å². The Hall–Kier alpha value is -3.01. The lowest BCUT2D eigenvalue weighted by Gasteiger charge is -2.30. The fourth-order valence-corrected chi connectivity index (χ4v) is 4.38. The van der Waals surface area contributed by atoms with Crippen molar-refractivity contribution in [2.75, 3.05) is 17.1 Å². The molecule has 186 valence electrons. The van der Waals surface area contributed by atoms with Gasteiger partial charge in [0, 0.05) is 25.6 Å². The summed E-state index contributed by atoms with van der Waals surface area (Å²) in [5.41, 5.74) is 0.549. The number of nitrogens with one attached hydrogen (secondary N) is 1. The number of carbonyl (C=O) groups is 2. The van der Waals surface area contributed by atoms with Crippen LogP contribution in [0, 0.1) is 11.6 Å². The van der Waals surface area contributed by atoms with Gasteiger partial charge in [-0.3, -0.25) is 13.9 Å². The van der Waals surface area contributed by atoms with Crippen LogP contribution < -0.4 is 9.62 Å². The van der Waals surface area contributed by atoms with Crippen LogP contribution in [0.1, 0.15) is 39.2 Å². The van der Waals surface area contributed by atoms with Gasteiger partial charge >= 0.3 is 0 Å². The topological polar surface area (TPSA) is 86.8 Å². The molecule has 7 nitrogen and oxygen atoms in total. The molecule has 2 aromatic rings. The van der Waals surface area contributed by atoms with Gasteiger partial charge < -0.3 is 10.2 Å². The average molecular weight is 496 g/mol. The first kappa shape index (κ1) is 27.2. The Bertz CT molecular complexity index is 1090. The van der Waals surface area contributed by atoms with Crippen LogP contribution in [0.15, 0.2) is 48.5 Å². The van der Waals surface area contributed by atoms with E-state index in [2.05, 4.69) is 5.32 Å². The summed E-state index contributed by atoms with van der Waals surface area (Å²) >= 11 is 0. The Morgan fingerprint density at radius 3 is 2.18 bits per heavy atom. The van der Waals surface area contributed by atoms with E-state index in [-0.39, 0.29) is 49.5 Å². The summed E-state index contributed by atoms with van der Waals surface area (Å²) in [6.07, 6.45) is 1.01. The second-order valence-corrected chi connectivity index (χ2v) is 10.3. The van der Waals surface area contributed by atoms with Crippen LogP contribution in [0.4, 0.5) is 14.5 Å². The maximum Gasteiger partial charge on any atom is 0.242 e. The van der Waals surface area contributed by atoms with Crippen molar-refractivity contribution in [2.24, 2.45) is 0 Å². The lowest BCUT2D eigenvalue weighted by atomic mass is 10.1. The molecule has 0 bridgehead atoms. The van der Waals surface area contributed by atoms with Crippen LogP contribution >= 0.6 is 0 Å². The molecule has 2 aromatic carbocycles. The summed E-state index contributed by atoms with van der Waals surface area (Å²) in [6, 6.07) is 10.2. The molecule has 0 unspecified atom stereocenters. The number of hydrogen-bond donors (Lipinski definition) is 1. The first-order valence-electron chi connectivity index (χ1n) is 11.0. The predicted molar refractivity (Wildman–Crippen MR) is 128 cm³/mol. The van der Waals surface area contributed by atoms with E-state index in [4.69, 9.17) is 0 Å². The number of amides is 2. The number of para-hydroxylation sites is 1. The molecular formula is C24H31F2N3O4S. The number of hydrogen-bond acceptors (Lipinski definition) is 4. The zero-order chi connectivity index (χ0) is 25.5. The molecule has 10 heteroatoms. The summed E-state index contributed by atoms with van der Waals surface area (Å²) < 4.78 is 52.9. The molecular weight excluding hydrogens is 464 g/mol. The molecule has 0 aliphatic heterocycles. The van der Waals surface area contributed by atoms with E-state index in [1.807, 2.05) is 0 Å². The molecule has 0 saturated heterocycles. The monoisotopic (exact) mass is 495 g/mol. The van der Waals surface area contributed by atoms with Crippen molar-refractivity contribution in [3.8, 4) is 0 Å². The molecule has 1 atom stereocenters. The second-order valence-electron chi connectivity index (χ2n) is 8.38. The van der Waals surface area contributed by atoms with Crippen molar-refractivity contribution in [2.45, 2.75) is 52.2 Å². The van der Waals surface area contributed by atoms with E-state index in [0.29, 0.717) is 5.56 Å². The van der Waals surface area contributed by atoms with Crippen molar-refractivity contribution in [3.05, 3.63) is 65.7 Å². The number of carbonyl (C=O) groups excluding carboxylic acids is 2. The summed E-state index contributed by atoms with van der Waals surface area (Å²) in [4.78, 5) is 27.1. The molecule has 0 aliphatic carbocycles. The van der Waals surface area contributed by atoms with Crippen molar-refractivity contribution < 1.29 is 26.8 Å². The van der Waals surface area contributed by atoms with E-state index in [1.165, 1.54) is 47.4 Å². The molecule has 0 fully saturated rings. The zero-order valence-electron chi connectivity index (χ0n) is 19.8. The maximum atomic E-state index is 14.2. The number of halogens is 2. The fraction of sp³-hybridized carbons (Fsp3) is 0.417. The minimum absolute atomic E-state index is 0.0685. The van der Waals surface area contributed by atoms with Gasteiger partial charge in [0.05, 0.1) is 11.9 Å². The highest BCUT2D eigenvalue weighted by molar-refractivity contribution is 7.92. The first-order chi connectivity index (χ1) is 15.9. The van der Waals surface area contributed by atoms with Gasteiger partial charge in [-0.05, 0) is 57.0 Å². The van der Waals surface area contributed by atoms with Gasteiger partial charge in [0.25, 0.3) is 0 Å². The van der Waals surface area contributed by atoms with Crippen LogP contribution in [0.2, 0.25) is 0 Å². The first-order valence-corrected chi connectivity index (χ1v) is 12.8. The number of rotatable bonds is 11. The van der Waals surface area contributed by atoms with Gasteiger partial charge in [-0.1, -0.05) is 24.3 Å². The lowest BCUT2D eigenvalue weighted by molar-refractivity contribution is -0.140. The third-order valence-corrected chi connectivity index (χ3v) is 6.32. The van der Waals surface area contributed by atoms with Gasteiger partial charge in [-0.25, -0.2) is 17.2 Å². The second kappa shape index (κ2) is 11.9. The van der Waals surface area contributed by atoms with Crippen LogP contribution in [-0.2, 0) is 26.2 Å². The Morgan fingerprint density at radius 2 is 1.62 bits per heavy atom. The molecule has 2 rings (SSSR count). The zero-order valence-corrected chi connectivity index (χ0v) is 20.6. The maximum absolute atomic E-state index is 14.2. The standard InChI is InChI=1S/C24H31F2N3O4S/c1-17(2)27-24(31)18(3)28(16-19-11-13-20(25)14-12-19)23(30)10-7-15-29(34(4,32)33)22-9-6-5-8-21(22)26/h5-6,8-9,11-14,17-18H,7,10,15-16H2,1-4H3,(H,27,31)/t18-/m1/s1. The number of sulfonamides is 1.